The fraction of sp³-hybridized carbons (Fsp3) is 1.00. The summed E-state index contributed by atoms with van der Waals surface area (Å²) in [5.74, 6) is 2.02. The first-order valence-corrected chi connectivity index (χ1v) is 8.03. The Labute approximate surface area is 109 Å². The molecule has 1 heteroatoms. The number of nitrogens with one attached hydrogen (secondary N) is 1. The minimum absolute atomic E-state index is 0.837. The van der Waals surface area contributed by atoms with Gasteiger partial charge < -0.3 is 5.32 Å². The quantitative estimate of drug-likeness (QED) is 0.611. The zero-order valence-corrected chi connectivity index (χ0v) is 12.3. The van der Waals surface area contributed by atoms with Crippen LogP contribution in [0.15, 0.2) is 0 Å². The van der Waals surface area contributed by atoms with E-state index < -0.39 is 0 Å². The molecule has 3 atom stereocenters. The van der Waals surface area contributed by atoms with E-state index in [1.807, 2.05) is 0 Å². The van der Waals surface area contributed by atoms with Crippen molar-refractivity contribution in [2.24, 2.45) is 11.8 Å². The molecule has 0 saturated heterocycles. The lowest BCUT2D eigenvalue weighted by Gasteiger charge is -2.19. The van der Waals surface area contributed by atoms with Gasteiger partial charge in [0.25, 0.3) is 0 Å². The Morgan fingerprint density at radius 1 is 1.12 bits per heavy atom. The molecule has 1 saturated carbocycles. The van der Waals surface area contributed by atoms with Gasteiger partial charge in [-0.2, -0.15) is 0 Å². The molecule has 17 heavy (non-hydrogen) atoms. The summed E-state index contributed by atoms with van der Waals surface area (Å²) in [7, 11) is 0. The first-order chi connectivity index (χ1) is 8.30. The molecule has 1 aliphatic carbocycles. The summed E-state index contributed by atoms with van der Waals surface area (Å²) in [6, 6.07) is 0.837. The van der Waals surface area contributed by atoms with Crippen LogP contribution in [-0.4, -0.2) is 12.6 Å². The molecule has 1 fully saturated rings. The molecule has 0 heterocycles. The third kappa shape index (κ3) is 5.90. The molecular formula is C16H33N. The van der Waals surface area contributed by atoms with E-state index in [9.17, 15) is 0 Å². The van der Waals surface area contributed by atoms with Gasteiger partial charge in [-0.15, -0.1) is 0 Å². The van der Waals surface area contributed by atoms with E-state index in [1.54, 1.807) is 0 Å². The van der Waals surface area contributed by atoms with Gasteiger partial charge in [0.1, 0.15) is 0 Å². The van der Waals surface area contributed by atoms with Crippen LogP contribution in [-0.2, 0) is 0 Å². The van der Waals surface area contributed by atoms with Crippen molar-refractivity contribution in [3.05, 3.63) is 0 Å². The average molecular weight is 239 g/mol. The van der Waals surface area contributed by atoms with Crippen LogP contribution in [0, 0.1) is 11.8 Å². The topological polar surface area (TPSA) is 12.0 Å². The number of hydrogen-bond acceptors (Lipinski definition) is 1. The van der Waals surface area contributed by atoms with Crippen LogP contribution < -0.4 is 5.32 Å². The molecule has 0 amide bonds. The van der Waals surface area contributed by atoms with E-state index in [4.69, 9.17) is 0 Å². The maximum Gasteiger partial charge on any atom is 0.00698 e. The summed E-state index contributed by atoms with van der Waals surface area (Å²) in [6.07, 6.45) is 12.8. The maximum absolute atomic E-state index is 3.70. The van der Waals surface area contributed by atoms with Crippen molar-refractivity contribution in [3.8, 4) is 0 Å². The van der Waals surface area contributed by atoms with Crippen LogP contribution in [0.25, 0.3) is 0 Å². The standard InChI is InChI=1S/C16H33N/c1-4-7-8-14(6-3)12-15-9-10-16(13-15)17-11-5-2/h14-17H,4-13H2,1-3H3. The Morgan fingerprint density at radius 3 is 2.59 bits per heavy atom. The zero-order valence-electron chi connectivity index (χ0n) is 12.3. The lowest BCUT2D eigenvalue weighted by Crippen LogP contribution is -2.27. The van der Waals surface area contributed by atoms with Gasteiger partial charge in [0, 0.05) is 6.04 Å². The minimum atomic E-state index is 0.837. The van der Waals surface area contributed by atoms with Crippen LogP contribution >= 0.6 is 0 Å². The van der Waals surface area contributed by atoms with Gasteiger partial charge in [-0.05, 0) is 50.5 Å². The third-order valence-electron chi connectivity index (χ3n) is 4.43. The summed E-state index contributed by atoms with van der Waals surface area (Å²) in [6.45, 7) is 8.16. The van der Waals surface area contributed by atoms with E-state index in [1.165, 1.54) is 64.3 Å². The van der Waals surface area contributed by atoms with Crippen molar-refractivity contribution in [1.29, 1.82) is 0 Å². The lowest BCUT2D eigenvalue weighted by molar-refractivity contribution is 0.335. The number of hydrogen-bond donors (Lipinski definition) is 1. The van der Waals surface area contributed by atoms with Gasteiger partial charge >= 0.3 is 0 Å². The number of rotatable bonds is 9. The summed E-state index contributed by atoms with van der Waals surface area (Å²) in [5.41, 5.74) is 0. The molecule has 1 nitrogen and oxygen atoms in total. The molecule has 102 valence electrons. The van der Waals surface area contributed by atoms with Crippen molar-refractivity contribution in [1.82, 2.24) is 5.32 Å². The van der Waals surface area contributed by atoms with Gasteiger partial charge in [-0.25, -0.2) is 0 Å². The predicted molar refractivity (Wildman–Crippen MR) is 77.3 cm³/mol. The first-order valence-electron chi connectivity index (χ1n) is 8.03. The Kier molecular flexibility index (Phi) is 7.92. The second-order valence-corrected chi connectivity index (χ2v) is 5.98. The Hall–Kier alpha value is -0.0400. The Balaban J connectivity index is 2.18. The largest absolute Gasteiger partial charge is 0.314 e. The Bertz CT molecular complexity index is 178. The highest BCUT2D eigenvalue weighted by molar-refractivity contribution is 4.81. The number of unbranched alkanes of at least 4 members (excludes halogenated alkanes) is 1. The van der Waals surface area contributed by atoms with Crippen molar-refractivity contribution >= 4 is 0 Å². The van der Waals surface area contributed by atoms with Crippen molar-refractivity contribution in [2.45, 2.75) is 84.6 Å². The highest BCUT2D eigenvalue weighted by Gasteiger charge is 2.25. The smallest absolute Gasteiger partial charge is 0.00698 e. The summed E-state index contributed by atoms with van der Waals surface area (Å²) in [5, 5.41) is 3.70. The predicted octanol–water partition coefficient (Wildman–Crippen LogP) is 4.76. The fourth-order valence-electron chi connectivity index (χ4n) is 3.28. The molecule has 3 unspecified atom stereocenters. The minimum Gasteiger partial charge on any atom is -0.314 e. The molecule has 0 aliphatic heterocycles. The normalized spacial score (nSPS) is 26.3. The molecule has 0 aromatic rings. The third-order valence-corrected chi connectivity index (χ3v) is 4.43. The molecule has 1 rings (SSSR count). The van der Waals surface area contributed by atoms with E-state index >= 15 is 0 Å². The summed E-state index contributed by atoms with van der Waals surface area (Å²) in [4.78, 5) is 0. The van der Waals surface area contributed by atoms with E-state index in [-0.39, 0.29) is 0 Å². The first kappa shape index (κ1) is 15.0. The summed E-state index contributed by atoms with van der Waals surface area (Å²) >= 11 is 0. The molecule has 1 aliphatic rings. The second kappa shape index (κ2) is 8.97. The Morgan fingerprint density at radius 2 is 1.94 bits per heavy atom. The van der Waals surface area contributed by atoms with Gasteiger partial charge in [0.05, 0.1) is 0 Å². The highest BCUT2D eigenvalue weighted by Crippen LogP contribution is 2.33. The van der Waals surface area contributed by atoms with Crippen LogP contribution in [0.1, 0.15) is 78.6 Å². The van der Waals surface area contributed by atoms with Crippen LogP contribution in [0.4, 0.5) is 0 Å². The summed E-state index contributed by atoms with van der Waals surface area (Å²) < 4.78 is 0. The van der Waals surface area contributed by atoms with Crippen molar-refractivity contribution in [3.63, 3.8) is 0 Å². The SMILES string of the molecule is CCCCC(CC)CC1CCC(NCCC)C1. The second-order valence-electron chi connectivity index (χ2n) is 5.98. The molecule has 1 N–H and O–H groups in total. The molecule has 0 aromatic carbocycles. The van der Waals surface area contributed by atoms with E-state index in [0.29, 0.717) is 0 Å². The van der Waals surface area contributed by atoms with Crippen LogP contribution in [0.2, 0.25) is 0 Å². The molecular weight excluding hydrogens is 206 g/mol. The molecule has 0 bridgehead atoms. The average Bonchev–Trinajstić information content (AvgIpc) is 2.79. The van der Waals surface area contributed by atoms with Crippen molar-refractivity contribution in [2.75, 3.05) is 6.54 Å². The van der Waals surface area contributed by atoms with Gasteiger partial charge in [-0.3, -0.25) is 0 Å². The molecule has 0 radical (unpaired) electrons. The van der Waals surface area contributed by atoms with Gasteiger partial charge in [0.15, 0.2) is 0 Å². The monoisotopic (exact) mass is 239 g/mol. The van der Waals surface area contributed by atoms with Gasteiger partial charge in [0.2, 0.25) is 0 Å². The molecule has 0 aromatic heterocycles. The van der Waals surface area contributed by atoms with Crippen LogP contribution in [0.3, 0.4) is 0 Å². The van der Waals surface area contributed by atoms with Crippen LogP contribution in [0.5, 0.6) is 0 Å². The lowest BCUT2D eigenvalue weighted by atomic mass is 9.88. The highest BCUT2D eigenvalue weighted by atomic mass is 14.9. The fourth-order valence-corrected chi connectivity index (χ4v) is 3.28. The maximum atomic E-state index is 3.70. The van der Waals surface area contributed by atoms with E-state index in [2.05, 4.69) is 26.1 Å². The van der Waals surface area contributed by atoms with Crippen molar-refractivity contribution < 1.29 is 0 Å². The van der Waals surface area contributed by atoms with Gasteiger partial charge in [-0.1, -0.05) is 46.5 Å². The molecule has 0 spiro atoms. The van der Waals surface area contributed by atoms with E-state index in [0.717, 1.165) is 17.9 Å². The zero-order chi connectivity index (χ0) is 12.5.